The van der Waals surface area contributed by atoms with Gasteiger partial charge in [0.2, 0.25) is 0 Å². The van der Waals surface area contributed by atoms with Gasteiger partial charge >= 0.3 is 5.97 Å². The summed E-state index contributed by atoms with van der Waals surface area (Å²) >= 11 is 3.31. The largest absolute Gasteiger partial charge is 0.493 e. The summed E-state index contributed by atoms with van der Waals surface area (Å²) in [4.78, 5) is 13.6. The number of thioether (sulfide) groups is 2. The fourth-order valence-corrected chi connectivity index (χ4v) is 8.75. The van der Waals surface area contributed by atoms with Crippen LogP contribution in [0.4, 0.5) is 8.78 Å². The Balaban J connectivity index is 1.37. The van der Waals surface area contributed by atoms with E-state index in [1.165, 1.54) is 18.2 Å². The Morgan fingerprint density at radius 3 is 2.60 bits per heavy atom. The Kier molecular flexibility index (Phi) is 8.71. The first-order valence-corrected chi connectivity index (χ1v) is 18.0. The normalized spacial score (nSPS) is 14.2. The molecule has 1 N–H and O–H groups in total. The highest BCUT2D eigenvalue weighted by Crippen LogP contribution is 2.41. The molecule has 4 heterocycles. The van der Waals surface area contributed by atoms with Gasteiger partial charge in [0.15, 0.2) is 0 Å². The Morgan fingerprint density at radius 2 is 1.81 bits per heavy atom. The van der Waals surface area contributed by atoms with Gasteiger partial charge in [0.25, 0.3) is 0 Å². The number of halogens is 2. The predicted molar refractivity (Wildman–Crippen MR) is 187 cm³/mol. The highest BCUT2D eigenvalue weighted by molar-refractivity contribution is 7.98. The van der Waals surface area contributed by atoms with Gasteiger partial charge in [-0.2, -0.15) is 10.2 Å². The Labute approximate surface area is 285 Å². The molecule has 0 saturated heterocycles. The summed E-state index contributed by atoms with van der Waals surface area (Å²) in [6.45, 7) is 4.81. The van der Waals surface area contributed by atoms with Crippen molar-refractivity contribution in [1.82, 2.24) is 24.1 Å². The van der Waals surface area contributed by atoms with E-state index in [4.69, 9.17) is 14.9 Å². The molecule has 7 rings (SSSR count). The molecular formula is C36H35F2N5O3S2. The smallest absolute Gasteiger partial charge is 0.352 e. The lowest BCUT2D eigenvalue weighted by Gasteiger charge is -2.13. The number of ether oxygens (including phenoxy) is 1. The molecule has 8 bridgehead atoms. The molecule has 0 fully saturated rings. The maximum Gasteiger partial charge on any atom is 0.352 e. The van der Waals surface area contributed by atoms with Crippen LogP contribution in [-0.4, -0.2) is 41.8 Å². The lowest BCUT2D eigenvalue weighted by Crippen LogP contribution is -2.09. The second kappa shape index (κ2) is 13.0. The summed E-state index contributed by atoms with van der Waals surface area (Å²) in [5.74, 6) is 0.694. The van der Waals surface area contributed by atoms with Gasteiger partial charge in [-0.05, 0) is 86.2 Å². The van der Waals surface area contributed by atoms with E-state index in [9.17, 15) is 14.3 Å². The van der Waals surface area contributed by atoms with Gasteiger partial charge in [0.05, 0.1) is 29.2 Å². The van der Waals surface area contributed by atoms with Gasteiger partial charge in [0.1, 0.15) is 23.1 Å². The minimum absolute atomic E-state index is 0.126. The van der Waals surface area contributed by atoms with Crippen LogP contribution in [0, 0.1) is 18.6 Å². The molecule has 0 unspecified atom stereocenters. The highest BCUT2D eigenvalue weighted by Gasteiger charge is 2.28. The van der Waals surface area contributed by atoms with E-state index in [0.717, 1.165) is 32.7 Å². The van der Waals surface area contributed by atoms with Gasteiger partial charge in [-0.25, -0.2) is 13.6 Å². The third kappa shape index (κ3) is 5.74. The van der Waals surface area contributed by atoms with E-state index in [2.05, 4.69) is 6.07 Å². The fraction of sp³-hybridized carbons (Fsp3) is 0.306. The molecule has 0 amide bonds. The van der Waals surface area contributed by atoms with Crippen molar-refractivity contribution < 1.29 is 23.4 Å². The Hall–Kier alpha value is -4.29. The monoisotopic (exact) mass is 687 g/mol. The highest BCUT2D eigenvalue weighted by atomic mass is 32.2. The van der Waals surface area contributed by atoms with E-state index in [-0.39, 0.29) is 11.5 Å². The number of hydrogen-bond acceptors (Lipinski definition) is 6. The number of carbonyl (C=O) groups is 1. The van der Waals surface area contributed by atoms with Crippen LogP contribution >= 0.6 is 23.5 Å². The van der Waals surface area contributed by atoms with Crippen molar-refractivity contribution in [3.8, 4) is 16.9 Å². The summed E-state index contributed by atoms with van der Waals surface area (Å²) in [6, 6.07) is 13.8. The molecule has 48 heavy (non-hydrogen) atoms. The van der Waals surface area contributed by atoms with Crippen LogP contribution in [0.2, 0.25) is 0 Å². The zero-order valence-corrected chi connectivity index (χ0v) is 28.8. The van der Waals surface area contributed by atoms with E-state index < -0.39 is 11.8 Å². The van der Waals surface area contributed by atoms with Crippen molar-refractivity contribution >= 4 is 51.2 Å². The summed E-state index contributed by atoms with van der Waals surface area (Å²) < 4.78 is 42.1. The quantitative estimate of drug-likeness (QED) is 0.196. The van der Waals surface area contributed by atoms with Crippen molar-refractivity contribution in [2.75, 3.05) is 6.61 Å². The number of nitrogens with zero attached hydrogens (tertiary/aromatic N) is 5. The molecule has 0 saturated carbocycles. The molecule has 8 nitrogen and oxygen atoms in total. The summed E-state index contributed by atoms with van der Waals surface area (Å²) in [7, 11) is 3.62. The Morgan fingerprint density at radius 1 is 1.00 bits per heavy atom. The maximum absolute atomic E-state index is 16.1. The van der Waals surface area contributed by atoms with Crippen molar-refractivity contribution in [2.45, 2.75) is 55.4 Å². The summed E-state index contributed by atoms with van der Waals surface area (Å²) in [5.41, 5.74) is 5.93. The average molecular weight is 688 g/mol. The first kappa shape index (κ1) is 32.3. The third-order valence-corrected chi connectivity index (χ3v) is 11.0. The number of aryl methyl sites for hydroxylation is 5. The number of hydrogen-bond donors (Lipinski definition) is 1. The first-order chi connectivity index (χ1) is 23.1. The minimum atomic E-state index is -1.07. The first-order valence-electron chi connectivity index (χ1n) is 15.8. The van der Waals surface area contributed by atoms with Crippen molar-refractivity contribution in [1.29, 1.82) is 0 Å². The van der Waals surface area contributed by atoms with E-state index >= 15 is 4.39 Å². The van der Waals surface area contributed by atoms with Gasteiger partial charge in [-0.1, -0.05) is 0 Å². The topological polar surface area (TPSA) is 87.1 Å². The molecule has 0 aliphatic carbocycles. The number of benzene rings is 3. The number of fused-ring (bicyclic) bond motifs is 8. The van der Waals surface area contributed by atoms with Crippen molar-refractivity contribution in [3.63, 3.8) is 0 Å². The zero-order chi connectivity index (χ0) is 33.7. The standard InChI is InChI=1S/C36H35F2N5O3S2/c1-5-43-30-19-47-17-23-15-24(42(4)40-23)18-48-25-14-21-13-22(37)8-9-26(21)31(16-25)46-12-6-7-27-28-10-11-29(38)33(32(30)20(2)39-43)34(28)41(3)35(27)36(44)45/h8-11,13-16H,5-7,12,17-19H2,1-4H3,(H,44,45). The van der Waals surface area contributed by atoms with Gasteiger partial charge < -0.3 is 14.4 Å². The molecule has 248 valence electrons. The SMILES string of the molecule is CCn1nc(C)c2c1CSCc1cc(n(C)n1)CSc1cc(c3ccc(F)cc3c1)OCCCc1c(C(=O)O)n(C)c3c-2c(F)ccc13. The predicted octanol–water partition coefficient (Wildman–Crippen LogP) is 8.28. The fourth-order valence-electron chi connectivity index (χ4n) is 6.83. The molecule has 1 aliphatic heterocycles. The molecule has 6 aromatic rings. The zero-order valence-electron chi connectivity index (χ0n) is 27.1. The van der Waals surface area contributed by atoms with Gasteiger partial charge in [-0.3, -0.25) is 9.36 Å². The molecular weight excluding hydrogens is 653 g/mol. The molecule has 12 heteroatoms. The maximum atomic E-state index is 16.1. The lowest BCUT2D eigenvalue weighted by atomic mass is 9.98. The Bertz CT molecular complexity index is 2220. The van der Waals surface area contributed by atoms with E-state index in [1.54, 1.807) is 47.3 Å². The number of rotatable bonds is 2. The lowest BCUT2D eigenvalue weighted by molar-refractivity contribution is 0.0685. The molecule has 3 aromatic carbocycles. The van der Waals surface area contributed by atoms with Crippen molar-refractivity contribution in [3.05, 3.63) is 94.2 Å². The molecule has 0 atom stereocenters. The average Bonchev–Trinajstić information content (AvgIpc) is 3.67. The molecule has 0 radical (unpaired) electrons. The van der Waals surface area contributed by atoms with Crippen molar-refractivity contribution in [2.24, 2.45) is 14.1 Å². The van der Waals surface area contributed by atoms with Crippen LogP contribution < -0.4 is 4.74 Å². The minimum Gasteiger partial charge on any atom is -0.493 e. The van der Waals surface area contributed by atoms with Crippen LogP contribution in [0.1, 0.15) is 52.2 Å². The summed E-state index contributed by atoms with van der Waals surface area (Å²) in [5, 5.41) is 22.2. The van der Waals surface area contributed by atoms with Gasteiger partial charge in [-0.15, -0.1) is 23.5 Å². The van der Waals surface area contributed by atoms with E-state index in [0.29, 0.717) is 82.3 Å². The molecule has 3 aromatic heterocycles. The number of carboxylic acids is 1. The number of aromatic nitrogens is 5. The van der Waals surface area contributed by atoms with Crippen LogP contribution in [0.3, 0.4) is 0 Å². The second-order valence-electron chi connectivity index (χ2n) is 12.0. The van der Waals surface area contributed by atoms with Crippen LogP contribution in [0.25, 0.3) is 32.8 Å². The third-order valence-electron chi connectivity index (χ3n) is 8.98. The summed E-state index contributed by atoms with van der Waals surface area (Å²) in [6.07, 6.45) is 0.919. The molecule has 1 aliphatic rings. The van der Waals surface area contributed by atoms with Crippen LogP contribution in [0.15, 0.2) is 53.4 Å². The van der Waals surface area contributed by atoms with Crippen LogP contribution in [-0.2, 0) is 44.3 Å². The van der Waals surface area contributed by atoms with E-state index in [1.807, 2.05) is 42.4 Å². The molecule has 0 spiro atoms. The van der Waals surface area contributed by atoms with Crippen LogP contribution in [0.5, 0.6) is 5.75 Å². The van der Waals surface area contributed by atoms with Gasteiger partial charge in [0, 0.05) is 70.4 Å². The number of aromatic carboxylic acids is 1. The second-order valence-corrected chi connectivity index (χ2v) is 14.0. The number of carboxylic acid groups (broad SMARTS) is 1.